The molecule has 0 saturated heterocycles. The Morgan fingerprint density at radius 2 is 0.894 bits per heavy atom. The van der Waals surface area contributed by atoms with Gasteiger partial charge in [-0.1, -0.05) is 115 Å². The molecule has 13 nitrogen and oxygen atoms in total. The molecule has 0 radical (unpaired) electrons. The SMILES string of the molecule is N#Cc1ccc(N=Nc2ccc(N(CCOC([O-])=C3C=CC=C3)CCOC([O-])=C3C=CC=C3)cc2)cc1.[Fe+2].[Fe+2].[O-]C(OCCN(CCO)c1ccccc1)=C1C=CC=C1.[O-]C=C1C=CC=C1. The zero-order chi connectivity index (χ0) is 45.2. The Kier molecular flexibility index (Phi) is 24.2. The molecular formula is C51H47Fe2N5O8. The predicted octanol–water partition coefficient (Wildman–Crippen LogP) is 5.76. The third-order valence-corrected chi connectivity index (χ3v) is 9.29. The molecule has 0 aromatic heterocycles. The van der Waals surface area contributed by atoms with E-state index in [2.05, 4.69) is 16.3 Å². The molecule has 0 fully saturated rings. The molecule has 3 aromatic rings. The number of anilines is 2. The molecule has 0 heterocycles. The topological polar surface area (TPSA) is 195 Å². The largest absolute Gasteiger partial charge is 2.00 e. The summed E-state index contributed by atoms with van der Waals surface area (Å²) in [4.78, 5) is 3.95. The van der Waals surface area contributed by atoms with Crippen molar-refractivity contribution in [2.75, 3.05) is 62.4 Å². The summed E-state index contributed by atoms with van der Waals surface area (Å²) < 4.78 is 16.0. The summed E-state index contributed by atoms with van der Waals surface area (Å²) in [6.07, 6.45) is 29.1. The maximum atomic E-state index is 12.2. The van der Waals surface area contributed by atoms with E-state index in [1.54, 1.807) is 109 Å². The molecule has 340 valence electrons. The van der Waals surface area contributed by atoms with Crippen molar-refractivity contribution >= 4 is 22.7 Å². The molecule has 0 aliphatic heterocycles. The van der Waals surface area contributed by atoms with Crippen LogP contribution in [-0.4, -0.2) is 57.7 Å². The Balaban J connectivity index is 0.000000332. The summed E-state index contributed by atoms with van der Waals surface area (Å²) in [5, 5.41) is 72.4. The number of benzene rings is 3. The first kappa shape index (κ1) is 53.2. The smallest absolute Gasteiger partial charge is 0.877 e. The fourth-order valence-electron chi connectivity index (χ4n) is 5.94. The number of aliphatic hydroxyl groups excluding tert-OH is 1. The van der Waals surface area contributed by atoms with Crippen LogP contribution >= 0.6 is 0 Å². The van der Waals surface area contributed by atoms with Gasteiger partial charge in [0.2, 0.25) is 0 Å². The van der Waals surface area contributed by atoms with E-state index in [9.17, 15) is 20.4 Å². The number of nitrogens with zero attached hydrogens (tertiary/aromatic N) is 5. The molecule has 0 unspecified atom stereocenters. The normalized spacial score (nSPS) is 13.0. The van der Waals surface area contributed by atoms with Gasteiger partial charge in [-0.15, -0.1) is 6.26 Å². The predicted molar refractivity (Wildman–Crippen MR) is 240 cm³/mol. The zero-order valence-corrected chi connectivity index (χ0v) is 37.9. The number of azo groups is 1. The zero-order valence-electron chi connectivity index (χ0n) is 35.7. The van der Waals surface area contributed by atoms with E-state index in [0.717, 1.165) is 23.2 Å². The Morgan fingerprint density at radius 1 is 0.530 bits per heavy atom. The second kappa shape index (κ2) is 30.1. The summed E-state index contributed by atoms with van der Waals surface area (Å²) in [5.74, 6) is -1.08. The molecule has 4 aliphatic rings. The van der Waals surface area contributed by atoms with E-state index in [1.165, 1.54) is 0 Å². The molecule has 4 aliphatic carbocycles. The number of ether oxygens (including phenoxy) is 3. The monoisotopic (exact) mass is 969 g/mol. The Hall–Kier alpha value is -7.17. The van der Waals surface area contributed by atoms with Crippen LogP contribution in [-0.2, 0) is 48.3 Å². The van der Waals surface area contributed by atoms with E-state index >= 15 is 0 Å². The van der Waals surface area contributed by atoms with E-state index in [0.29, 0.717) is 66.4 Å². The number of rotatable bonds is 18. The Bertz CT molecular complexity index is 2340. The van der Waals surface area contributed by atoms with Crippen LogP contribution in [0.15, 0.2) is 233 Å². The van der Waals surface area contributed by atoms with Crippen LogP contribution in [0.3, 0.4) is 0 Å². The van der Waals surface area contributed by atoms with Gasteiger partial charge in [0.05, 0.1) is 47.5 Å². The molecule has 0 saturated carbocycles. The first-order valence-electron chi connectivity index (χ1n) is 20.4. The van der Waals surface area contributed by atoms with Crippen molar-refractivity contribution < 1.29 is 73.9 Å². The van der Waals surface area contributed by atoms with Gasteiger partial charge < -0.3 is 49.5 Å². The minimum atomic E-state index is -0.383. The summed E-state index contributed by atoms with van der Waals surface area (Å²) in [7, 11) is 0. The number of aliphatic hydroxyl groups is 1. The summed E-state index contributed by atoms with van der Waals surface area (Å²) in [5.41, 5.74) is 6.04. The van der Waals surface area contributed by atoms with Crippen molar-refractivity contribution in [2.45, 2.75) is 0 Å². The van der Waals surface area contributed by atoms with Crippen molar-refractivity contribution in [3.63, 3.8) is 0 Å². The van der Waals surface area contributed by atoms with E-state index in [-0.39, 0.29) is 71.8 Å². The molecule has 0 bridgehead atoms. The first-order chi connectivity index (χ1) is 31.4. The van der Waals surface area contributed by atoms with Crippen molar-refractivity contribution in [3.05, 3.63) is 228 Å². The summed E-state index contributed by atoms with van der Waals surface area (Å²) in [6, 6.07) is 26.1. The second-order valence-corrected chi connectivity index (χ2v) is 13.7. The third-order valence-electron chi connectivity index (χ3n) is 9.29. The standard InChI is InChI=1S/C29H26N4O4.C16H19NO3.C6H6O.2Fe/c30-21-22-9-11-25(12-10-22)31-32-26-13-15-27(16-14-26)33(17-19-36-28(34)23-5-1-2-6-23)18-20-37-29(35)24-7-3-4-8-24;18-12-10-17(15-8-2-1-3-9-15)11-13-20-16(19)14-6-4-5-7-14;7-5-6-3-1-2-4-6;;/h1-16,34-35H,17-20H2;1-9,18-19H,10-13H2;1-5,7H;;/q;;;2*+2/p-4. The van der Waals surface area contributed by atoms with E-state index in [4.69, 9.17) is 24.6 Å². The van der Waals surface area contributed by atoms with Crippen LogP contribution < -0.4 is 30.2 Å². The fourth-order valence-corrected chi connectivity index (χ4v) is 5.94. The second-order valence-electron chi connectivity index (χ2n) is 13.7. The van der Waals surface area contributed by atoms with Crippen molar-refractivity contribution in [1.29, 1.82) is 5.26 Å². The first-order valence-corrected chi connectivity index (χ1v) is 20.4. The molecule has 1 N–H and O–H groups in total. The van der Waals surface area contributed by atoms with Crippen LogP contribution in [0.4, 0.5) is 22.7 Å². The van der Waals surface area contributed by atoms with Gasteiger partial charge in [0.1, 0.15) is 0 Å². The average Bonchev–Trinajstić information content (AvgIpc) is 4.20. The van der Waals surface area contributed by atoms with Gasteiger partial charge in [0, 0.05) is 57.4 Å². The third kappa shape index (κ3) is 18.1. The number of hydrogen-bond donors (Lipinski definition) is 1. The molecule has 0 spiro atoms. The number of para-hydroxylation sites is 1. The van der Waals surface area contributed by atoms with Crippen LogP contribution in [0.25, 0.3) is 0 Å². The van der Waals surface area contributed by atoms with Gasteiger partial charge in [-0.3, -0.25) is 0 Å². The van der Waals surface area contributed by atoms with E-state index < -0.39 is 0 Å². The molecule has 66 heavy (non-hydrogen) atoms. The van der Waals surface area contributed by atoms with Gasteiger partial charge in [0.15, 0.2) is 0 Å². The molecule has 7 rings (SSSR count). The minimum Gasteiger partial charge on any atom is -0.877 e. The van der Waals surface area contributed by atoms with E-state index in [1.807, 2.05) is 76.5 Å². The van der Waals surface area contributed by atoms with Crippen LogP contribution in [0.1, 0.15) is 5.56 Å². The summed E-state index contributed by atoms with van der Waals surface area (Å²) in [6.45, 7) is 2.57. The fraction of sp³-hybridized carbons (Fsp3) is 0.157. The maximum absolute atomic E-state index is 12.2. The van der Waals surface area contributed by atoms with Gasteiger partial charge >= 0.3 is 34.1 Å². The van der Waals surface area contributed by atoms with Crippen LogP contribution in [0.2, 0.25) is 0 Å². The average molecular weight is 970 g/mol. The maximum Gasteiger partial charge on any atom is 2.00 e. The minimum absolute atomic E-state index is 0. The molecular weight excluding hydrogens is 922 g/mol. The molecule has 0 amide bonds. The van der Waals surface area contributed by atoms with Crippen molar-refractivity contribution in [3.8, 4) is 6.07 Å². The van der Waals surface area contributed by atoms with Crippen molar-refractivity contribution in [2.24, 2.45) is 10.2 Å². The van der Waals surface area contributed by atoms with Crippen LogP contribution in [0.5, 0.6) is 0 Å². The summed E-state index contributed by atoms with van der Waals surface area (Å²) >= 11 is 0. The number of allylic oxidation sites excluding steroid dienone is 20. The molecule has 0 atom stereocenters. The number of nitriles is 1. The molecule has 3 aromatic carbocycles. The van der Waals surface area contributed by atoms with Gasteiger partial charge in [-0.25, -0.2) is 0 Å². The molecule has 15 heteroatoms. The van der Waals surface area contributed by atoms with Gasteiger partial charge in [0.25, 0.3) is 0 Å². The quantitative estimate of drug-likeness (QED) is 0.0925. The van der Waals surface area contributed by atoms with Crippen molar-refractivity contribution in [1.82, 2.24) is 0 Å². The van der Waals surface area contributed by atoms with Crippen LogP contribution in [0, 0.1) is 11.3 Å². The Labute approximate surface area is 406 Å². The van der Waals surface area contributed by atoms with Gasteiger partial charge in [-0.2, -0.15) is 15.5 Å². The van der Waals surface area contributed by atoms with Gasteiger partial charge in [-0.05, 0) is 83.0 Å². The Morgan fingerprint density at radius 3 is 1.26 bits per heavy atom. The number of hydrogen-bond acceptors (Lipinski definition) is 13.